The summed E-state index contributed by atoms with van der Waals surface area (Å²) < 4.78 is 33.6. The number of hydrogen-bond donors (Lipinski definition) is 1. The van der Waals surface area contributed by atoms with E-state index in [-0.39, 0.29) is 12.8 Å². The van der Waals surface area contributed by atoms with E-state index in [1.807, 2.05) is 19.3 Å². The summed E-state index contributed by atoms with van der Waals surface area (Å²) in [6, 6.07) is 4.11. The largest absolute Gasteiger partial charge is 0.440 e. The predicted octanol–water partition coefficient (Wildman–Crippen LogP) is 2.89. The number of anilines is 1. The van der Waals surface area contributed by atoms with Gasteiger partial charge in [0, 0.05) is 52.0 Å². The van der Waals surface area contributed by atoms with Crippen molar-refractivity contribution in [3.63, 3.8) is 0 Å². The van der Waals surface area contributed by atoms with Crippen molar-refractivity contribution in [1.82, 2.24) is 24.4 Å². The average molecular weight is 441 g/mol. The third kappa shape index (κ3) is 3.32. The molecule has 3 aromatic heterocycles. The first-order chi connectivity index (χ1) is 15.4. The molecule has 32 heavy (non-hydrogen) atoms. The molecule has 2 fully saturated rings. The number of piperazine rings is 1. The third-order valence-corrected chi connectivity index (χ3v) is 6.08. The van der Waals surface area contributed by atoms with Crippen LogP contribution >= 0.6 is 0 Å². The molecule has 2 aliphatic rings. The summed E-state index contributed by atoms with van der Waals surface area (Å²) >= 11 is 0. The number of aryl methyl sites for hydroxylation is 1. The molecule has 4 heterocycles. The van der Waals surface area contributed by atoms with Crippen LogP contribution in [-0.2, 0) is 11.8 Å². The maximum Gasteiger partial charge on any atom is 0.410 e. The number of carbonyl (C=O) groups excluding carboxylic acids is 1. The highest BCUT2D eigenvalue weighted by molar-refractivity contribution is 5.99. The van der Waals surface area contributed by atoms with Gasteiger partial charge in [0.2, 0.25) is 0 Å². The zero-order valence-corrected chi connectivity index (χ0v) is 17.4. The number of nitrogens with one attached hydrogen (secondary N) is 1. The van der Waals surface area contributed by atoms with Gasteiger partial charge >= 0.3 is 6.09 Å². The Bertz CT molecular complexity index is 1220. The standard InChI is InChI=1S/C21H21F2N7O2/c1-28-11-14(26-12-28)18-13(10-24)17-15(3-5-25-19(17)27-18)29-6-8-30(9-7-29)20(31)32-16-2-4-21(16,22)23/h3,5,11-12,16H,2,4,6-9H2,1H3,(H,25,27)/t16-/m1/s1. The Kier molecular flexibility index (Phi) is 4.73. The lowest BCUT2D eigenvalue weighted by atomic mass is 9.91. The van der Waals surface area contributed by atoms with Gasteiger partial charge in [-0.3, -0.25) is 0 Å². The highest BCUT2D eigenvalue weighted by Gasteiger charge is 2.51. The third-order valence-electron chi connectivity index (χ3n) is 6.08. The number of H-pyrrole nitrogens is 1. The van der Waals surface area contributed by atoms with E-state index in [1.165, 1.54) is 4.90 Å². The summed E-state index contributed by atoms with van der Waals surface area (Å²) in [5.41, 5.74) is 3.10. The number of nitrogens with zero attached hydrogens (tertiary/aromatic N) is 6. The minimum Gasteiger partial charge on any atom is -0.440 e. The van der Waals surface area contributed by atoms with Crippen LogP contribution in [0.25, 0.3) is 22.4 Å². The van der Waals surface area contributed by atoms with E-state index in [0.717, 1.165) is 5.69 Å². The van der Waals surface area contributed by atoms with E-state index in [0.29, 0.717) is 54.2 Å². The number of ether oxygens (including phenoxy) is 1. The van der Waals surface area contributed by atoms with Crippen molar-refractivity contribution >= 4 is 22.8 Å². The molecule has 1 atom stereocenters. The number of hydrogen-bond acceptors (Lipinski definition) is 6. The van der Waals surface area contributed by atoms with Crippen LogP contribution in [0.3, 0.4) is 0 Å². The van der Waals surface area contributed by atoms with E-state index in [9.17, 15) is 18.8 Å². The fraction of sp³-hybridized carbons (Fsp3) is 0.429. The number of alkyl halides is 2. The Labute approximate surface area is 182 Å². The molecule has 0 radical (unpaired) electrons. The monoisotopic (exact) mass is 441 g/mol. The molecule has 0 spiro atoms. The molecular formula is C21H21F2N7O2. The van der Waals surface area contributed by atoms with E-state index in [4.69, 9.17) is 4.74 Å². The number of pyridine rings is 1. The zero-order valence-electron chi connectivity index (χ0n) is 17.4. The van der Waals surface area contributed by atoms with Crippen molar-refractivity contribution in [1.29, 1.82) is 5.26 Å². The molecule has 0 unspecified atom stereocenters. The van der Waals surface area contributed by atoms with Gasteiger partial charge in [0.25, 0.3) is 5.92 Å². The molecule has 1 saturated carbocycles. The van der Waals surface area contributed by atoms with Gasteiger partial charge in [0.1, 0.15) is 17.4 Å². The first kappa shape index (κ1) is 20.2. The van der Waals surface area contributed by atoms with Crippen LogP contribution in [0.1, 0.15) is 18.4 Å². The zero-order chi connectivity index (χ0) is 22.5. The molecule has 3 aromatic rings. The van der Waals surface area contributed by atoms with Crippen LogP contribution in [0, 0.1) is 11.3 Å². The summed E-state index contributed by atoms with van der Waals surface area (Å²) in [6.07, 6.45) is 3.07. The van der Waals surface area contributed by atoms with Gasteiger partial charge in [-0.05, 0) is 12.5 Å². The van der Waals surface area contributed by atoms with Gasteiger partial charge in [0.05, 0.1) is 28.7 Å². The molecule has 5 rings (SSSR count). The SMILES string of the molecule is Cn1cnc(-c2[nH]c3nccc(N4CCN(C(=O)O[C@@H]5CCC5(F)F)CC4)c3c2C#N)c1. The van der Waals surface area contributed by atoms with Crippen molar-refractivity contribution < 1.29 is 18.3 Å². The molecule has 11 heteroatoms. The van der Waals surface area contributed by atoms with Gasteiger partial charge in [-0.1, -0.05) is 0 Å². The Balaban J connectivity index is 1.36. The van der Waals surface area contributed by atoms with Crippen molar-refractivity contribution in [2.45, 2.75) is 24.9 Å². The fourth-order valence-corrected chi connectivity index (χ4v) is 4.16. The van der Waals surface area contributed by atoms with E-state index < -0.39 is 18.1 Å². The number of halogens is 2. The smallest absolute Gasteiger partial charge is 0.410 e. The second-order valence-electron chi connectivity index (χ2n) is 8.11. The first-order valence-corrected chi connectivity index (χ1v) is 10.3. The van der Waals surface area contributed by atoms with Crippen LogP contribution in [0.15, 0.2) is 24.8 Å². The second kappa shape index (κ2) is 7.47. The molecule has 1 aliphatic heterocycles. The van der Waals surface area contributed by atoms with Crippen LogP contribution in [0.2, 0.25) is 0 Å². The van der Waals surface area contributed by atoms with Crippen molar-refractivity contribution in [2.24, 2.45) is 7.05 Å². The summed E-state index contributed by atoms with van der Waals surface area (Å²) in [5, 5.41) is 10.6. The molecule has 1 N–H and O–H groups in total. The highest BCUT2D eigenvalue weighted by Crippen LogP contribution is 2.40. The highest BCUT2D eigenvalue weighted by atomic mass is 19.3. The number of imidazole rings is 1. The van der Waals surface area contributed by atoms with Crippen molar-refractivity contribution in [3.8, 4) is 17.5 Å². The van der Waals surface area contributed by atoms with Crippen LogP contribution in [-0.4, -0.2) is 68.7 Å². The molecule has 9 nitrogen and oxygen atoms in total. The van der Waals surface area contributed by atoms with Gasteiger partial charge in [0.15, 0.2) is 6.10 Å². The molecule has 1 saturated heterocycles. The lowest BCUT2D eigenvalue weighted by Crippen LogP contribution is -2.53. The minimum atomic E-state index is -2.92. The number of nitriles is 1. The summed E-state index contributed by atoms with van der Waals surface area (Å²) in [5.74, 6) is -2.92. The number of aromatic amines is 1. The van der Waals surface area contributed by atoms with E-state index >= 15 is 0 Å². The number of aromatic nitrogens is 4. The average Bonchev–Trinajstić information content (AvgIpc) is 3.39. The topological polar surface area (TPSA) is 103 Å². The lowest BCUT2D eigenvalue weighted by molar-refractivity contribution is -0.179. The maximum absolute atomic E-state index is 13.4. The Morgan fingerprint density at radius 2 is 2.09 bits per heavy atom. The van der Waals surface area contributed by atoms with Crippen LogP contribution in [0.5, 0.6) is 0 Å². The molecule has 1 amide bonds. The van der Waals surface area contributed by atoms with Crippen molar-refractivity contribution in [3.05, 3.63) is 30.4 Å². The summed E-state index contributed by atoms with van der Waals surface area (Å²) in [6.45, 7) is 1.62. The van der Waals surface area contributed by atoms with E-state index in [1.54, 1.807) is 17.1 Å². The summed E-state index contributed by atoms with van der Waals surface area (Å²) in [7, 11) is 1.85. The number of fused-ring (bicyclic) bond motifs is 1. The molecular weight excluding hydrogens is 420 g/mol. The number of carbonyl (C=O) groups is 1. The van der Waals surface area contributed by atoms with Crippen molar-refractivity contribution in [2.75, 3.05) is 31.1 Å². The van der Waals surface area contributed by atoms with E-state index in [2.05, 4.69) is 25.9 Å². The van der Waals surface area contributed by atoms with Gasteiger partial charge in [-0.15, -0.1) is 0 Å². The first-order valence-electron chi connectivity index (χ1n) is 10.3. The second-order valence-corrected chi connectivity index (χ2v) is 8.11. The number of rotatable bonds is 3. The Morgan fingerprint density at radius 1 is 1.31 bits per heavy atom. The van der Waals surface area contributed by atoms with Gasteiger partial charge in [-0.2, -0.15) is 5.26 Å². The van der Waals surface area contributed by atoms with Crippen LogP contribution < -0.4 is 4.90 Å². The normalized spacial score (nSPS) is 20.1. The fourth-order valence-electron chi connectivity index (χ4n) is 4.16. The maximum atomic E-state index is 13.4. The Morgan fingerprint density at radius 3 is 2.69 bits per heavy atom. The lowest BCUT2D eigenvalue weighted by Gasteiger charge is -2.39. The molecule has 0 bridgehead atoms. The Hall–Kier alpha value is -3.68. The quantitative estimate of drug-likeness (QED) is 0.671. The molecule has 1 aliphatic carbocycles. The predicted molar refractivity (Wildman–Crippen MR) is 111 cm³/mol. The van der Waals surface area contributed by atoms with Gasteiger partial charge in [-0.25, -0.2) is 23.5 Å². The van der Waals surface area contributed by atoms with Crippen LogP contribution in [0.4, 0.5) is 19.3 Å². The van der Waals surface area contributed by atoms with Gasteiger partial charge < -0.3 is 24.1 Å². The summed E-state index contributed by atoms with van der Waals surface area (Å²) in [4.78, 5) is 27.7. The molecule has 0 aromatic carbocycles. The molecule has 166 valence electrons. The number of amides is 1. The minimum absolute atomic E-state index is 0.191.